The van der Waals surface area contributed by atoms with Crippen molar-refractivity contribution in [3.05, 3.63) is 48.0 Å². The Hall–Kier alpha value is -3.42. The monoisotopic (exact) mass is 385 g/mol. The van der Waals surface area contributed by atoms with Crippen LogP contribution in [0.25, 0.3) is 0 Å². The van der Waals surface area contributed by atoms with Crippen LogP contribution >= 0.6 is 0 Å². The molecule has 1 heterocycles. The van der Waals surface area contributed by atoms with Crippen molar-refractivity contribution in [2.75, 3.05) is 38.7 Å². The third-order valence-corrected chi connectivity index (χ3v) is 4.11. The number of methoxy groups -OCH3 is 1. The van der Waals surface area contributed by atoms with E-state index >= 15 is 0 Å². The van der Waals surface area contributed by atoms with Crippen molar-refractivity contribution in [3.8, 4) is 17.2 Å². The van der Waals surface area contributed by atoms with Crippen molar-refractivity contribution >= 4 is 17.6 Å². The van der Waals surface area contributed by atoms with Crippen molar-refractivity contribution in [1.29, 1.82) is 0 Å². The molecule has 0 radical (unpaired) electrons. The molecule has 0 unspecified atom stereocenters. The van der Waals surface area contributed by atoms with Crippen molar-refractivity contribution in [2.45, 2.75) is 6.42 Å². The van der Waals surface area contributed by atoms with Crippen LogP contribution in [0.15, 0.2) is 42.5 Å². The highest BCUT2D eigenvalue weighted by Gasteiger charge is 2.13. The van der Waals surface area contributed by atoms with Crippen LogP contribution in [0.4, 0.5) is 10.5 Å². The van der Waals surface area contributed by atoms with Gasteiger partial charge in [-0.25, -0.2) is 4.79 Å². The Labute approximate surface area is 163 Å². The van der Waals surface area contributed by atoms with Gasteiger partial charge in [-0.3, -0.25) is 4.79 Å². The van der Waals surface area contributed by atoms with Crippen LogP contribution < -0.4 is 30.2 Å². The largest absolute Gasteiger partial charge is 0.496 e. The molecule has 2 aromatic carbocycles. The second-order valence-corrected chi connectivity index (χ2v) is 6.08. The molecule has 0 fully saturated rings. The third kappa shape index (κ3) is 5.29. The minimum Gasteiger partial charge on any atom is -0.496 e. The summed E-state index contributed by atoms with van der Waals surface area (Å²) in [5.41, 5.74) is 1.58. The molecule has 0 atom stereocenters. The first-order valence-corrected chi connectivity index (χ1v) is 8.99. The number of urea groups is 1. The fourth-order valence-corrected chi connectivity index (χ4v) is 2.77. The molecule has 0 saturated heterocycles. The van der Waals surface area contributed by atoms with Gasteiger partial charge in [0.05, 0.1) is 13.7 Å². The van der Waals surface area contributed by atoms with Gasteiger partial charge in [0, 0.05) is 18.3 Å². The van der Waals surface area contributed by atoms with Crippen LogP contribution in [0.5, 0.6) is 17.2 Å². The van der Waals surface area contributed by atoms with Gasteiger partial charge in [-0.2, -0.15) is 0 Å². The van der Waals surface area contributed by atoms with E-state index in [4.69, 9.17) is 14.2 Å². The van der Waals surface area contributed by atoms with E-state index in [2.05, 4.69) is 16.0 Å². The van der Waals surface area contributed by atoms with E-state index in [1.165, 1.54) is 0 Å². The van der Waals surface area contributed by atoms with Gasteiger partial charge < -0.3 is 30.2 Å². The lowest BCUT2D eigenvalue weighted by Gasteiger charge is -2.19. The summed E-state index contributed by atoms with van der Waals surface area (Å²) in [4.78, 5) is 23.9. The molecule has 0 spiro atoms. The Bertz CT molecular complexity index is 840. The average Bonchev–Trinajstić information content (AvgIpc) is 2.72. The van der Waals surface area contributed by atoms with E-state index in [0.29, 0.717) is 43.4 Å². The predicted octanol–water partition coefficient (Wildman–Crippen LogP) is 1.95. The van der Waals surface area contributed by atoms with Crippen LogP contribution in [0.2, 0.25) is 0 Å². The zero-order valence-electron chi connectivity index (χ0n) is 15.6. The summed E-state index contributed by atoms with van der Waals surface area (Å²) in [6, 6.07) is 12.4. The molecule has 3 rings (SSSR count). The lowest BCUT2D eigenvalue weighted by molar-refractivity contribution is -0.115. The molecule has 8 nitrogen and oxygen atoms in total. The van der Waals surface area contributed by atoms with Crippen molar-refractivity contribution < 1.29 is 23.8 Å². The van der Waals surface area contributed by atoms with Crippen molar-refractivity contribution in [1.82, 2.24) is 10.6 Å². The molecule has 0 saturated carbocycles. The summed E-state index contributed by atoms with van der Waals surface area (Å²) >= 11 is 0. The standard InChI is InChI=1S/C20H23N3O5/c1-26-16-5-3-2-4-14(16)8-9-21-20(25)22-13-19(24)23-15-6-7-17-18(12-15)28-11-10-27-17/h2-7,12H,8-11,13H2,1H3,(H,23,24)(H2,21,22,25). The SMILES string of the molecule is COc1ccccc1CCNC(=O)NCC(=O)Nc1ccc2c(c1)OCCO2. The lowest BCUT2D eigenvalue weighted by Crippen LogP contribution is -2.40. The Morgan fingerprint density at radius 2 is 1.82 bits per heavy atom. The van der Waals surface area contributed by atoms with Crippen LogP contribution in [0, 0.1) is 0 Å². The van der Waals surface area contributed by atoms with Gasteiger partial charge >= 0.3 is 6.03 Å². The zero-order chi connectivity index (χ0) is 19.8. The van der Waals surface area contributed by atoms with E-state index in [-0.39, 0.29) is 12.5 Å². The number of hydrogen-bond donors (Lipinski definition) is 3. The van der Waals surface area contributed by atoms with E-state index < -0.39 is 6.03 Å². The summed E-state index contributed by atoms with van der Waals surface area (Å²) < 4.78 is 16.2. The highest BCUT2D eigenvalue weighted by molar-refractivity contribution is 5.94. The predicted molar refractivity (Wildman–Crippen MR) is 104 cm³/mol. The molecule has 1 aliphatic heterocycles. The Kier molecular flexibility index (Phi) is 6.56. The van der Waals surface area contributed by atoms with Gasteiger partial charge in [0.2, 0.25) is 5.91 Å². The number of rotatable bonds is 7. The van der Waals surface area contributed by atoms with Crippen LogP contribution in [-0.2, 0) is 11.2 Å². The maximum absolute atomic E-state index is 12.0. The van der Waals surface area contributed by atoms with Gasteiger partial charge in [0.1, 0.15) is 19.0 Å². The fraction of sp³-hybridized carbons (Fsp3) is 0.300. The van der Waals surface area contributed by atoms with Crippen molar-refractivity contribution in [3.63, 3.8) is 0 Å². The maximum Gasteiger partial charge on any atom is 0.315 e. The summed E-state index contributed by atoms with van der Waals surface area (Å²) in [6.07, 6.45) is 0.626. The summed E-state index contributed by atoms with van der Waals surface area (Å²) in [5, 5.41) is 7.96. The molecule has 8 heteroatoms. The quantitative estimate of drug-likeness (QED) is 0.677. The number of benzene rings is 2. The molecule has 2 aromatic rings. The van der Waals surface area contributed by atoms with E-state index in [1.54, 1.807) is 25.3 Å². The van der Waals surface area contributed by atoms with Crippen LogP contribution in [0.3, 0.4) is 0 Å². The number of ether oxygens (including phenoxy) is 3. The van der Waals surface area contributed by atoms with Crippen molar-refractivity contribution in [2.24, 2.45) is 0 Å². The van der Waals surface area contributed by atoms with Gasteiger partial charge in [0.25, 0.3) is 0 Å². The van der Waals surface area contributed by atoms with Gasteiger partial charge in [-0.1, -0.05) is 18.2 Å². The Morgan fingerprint density at radius 3 is 2.64 bits per heavy atom. The molecule has 0 aromatic heterocycles. The fourth-order valence-electron chi connectivity index (χ4n) is 2.77. The number of hydrogen-bond acceptors (Lipinski definition) is 5. The second kappa shape index (κ2) is 9.50. The summed E-state index contributed by atoms with van der Waals surface area (Å²) in [6.45, 7) is 1.26. The Morgan fingerprint density at radius 1 is 1.04 bits per heavy atom. The van der Waals surface area contributed by atoms with E-state index in [0.717, 1.165) is 11.3 Å². The van der Waals surface area contributed by atoms with E-state index in [1.807, 2.05) is 24.3 Å². The number of carbonyl (C=O) groups excluding carboxylic acids is 2. The first-order valence-electron chi connectivity index (χ1n) is 8.99. The maximum atomic E-state index is 12.0. The van der Waals surface area contributed by atoms with Gasteiger partial charge in [-0.05, 0) is 30.2 Å². The molecular weight excluding hydrogens is 362 g/mol. The first kappa shape index (κ1) is 19.3. The molecule has 148 valence electrons. The zero-order valence-corrected chi connectivity index (χ0v) is 15.6. The summed E-state index contributed by atoms with van der Waals surface area (Å²) in [7, 11) is 1.61. The molecule has 3 amide bonds. The molecule has 1 aliphatic rings. The average molecular weight is 385 g/mol. The van der Waals surface area contributed by atoms with E-state index in [9.17, 15) is 9.59 Å². The number of anilines is 1. The van der Waals surface area contributed by atoms with Crippen LogP contribution in [-0.4, -0.2) is 45.4 Å². The first-order chi connectivity index (χ1) is 13.7. The number of amides is 3. The minimum atomic E-state index is -0.410. The number of nitrogens with one attached hydrogen (secondary N) is 3. The lowest BCUT2D eigenvalue weighted by atomic mass is 10.1. The normalized spacial score (nSPS) is 12.0. The van der Waals surface area contributed by atoms with Gasteiger partial charge in [0.15, 0.2) is 11.5 Å². The smallest absolute Gasteiger partial charge is 0.315 e. The van der Waals surface area contributed by atoms with Crippen LogP contribution in [0.1, 0.15) is 5.56 Å². The number of fused-ring (bicyclic) bond motifs is 1. The second-order valence-electron chi connectivity index (χ2n) is 6.08. The highest BCUT2D eigenvalue weighted by Crippen LogP contribution is 2.32. The third-order valence-electron chi connectivity index (χ3n) is 4.11. The number of para-hydroxylation sites is 1. The number of carbonyl (C=O) groups is 2. The highest BCUT2D eigenvalue weighted by atomic mass is 16.6. The Balaban J connectivity index is 1.39. The molecular formula is C20H23N3O5. The minimum absolute atomic E-state index is 0.144. The van der Waals surface area contributed by atoms with Gasteiger partial charge in [-0.15, -0.1) is 0 Å². The molecule has 28 heavy (non-hydrogen) atoms. The molecule has 3 N–H and O–H groups in total. The topological polar surface area (TPSA) is 97.9 Å². The summed E-state index contributed by atoms with van der Waals surface area (Å²) in [5.74, 6) is 1.68. The molecule has 0 aliphatic carbocycles. The molecule has 0 bridgehead atoms.